The van der Waals surface area contributed by atoms with Crippen molar-refractivity contribution in [3.05, 3.63) is 143 Å². The first-order valence-electron chi connectivity index (χ1n) is 17.7. The van der Waals surface area contributed by atoms with E-state index in [2.05, 4.69) is 170 Å². The SMILES string of the molecule is CN1C=CC=C(c2c3nc(c(C4=CC=CN(C)C4)c4ccc(s4)c(C4=CC=CN(C)C4)c4nc(c(C5=CC=CN(C)C5)c5ccc2s5)C=C4)C=C3)C1. The molecule has 0 unspecified atom stereocenters. The highest BCUT2D eigenvalue weighted by Crippen LogP contribution is 2.41. The van der Waals surface area contributed by atoms with Crippen LogP contribution in [0.1, 0.15) is 45.0 Å². The van der Waals surface area contributed by atoms with Crippen LogP contribution in [0, 0.1) is 0 Å². The maximum absolute atomic E-state index is 5.51. The smallest absolute Gasteiger partial charge is 0.0727 e. The second-order valence-corrected chi connectivity index (χ2v) is 16.2. The van der Waals surface area contributed by atoms with E-state index in [1.54, 1.807) is 0 Å². The molecule has 0 atom stereocenters. The van der Waals surface area contributed by atoms with Crippen LogP contribution in [-0.4, -0.2) is 83.9 Å². The molecular formula is C44H40N6S2. The van der Waals surface area contributed by atoms with Crippen LogP contribution in [0.4, 0.5) is 0 Å². The average Bonchev–Trinajstić information content (AvgIpc) is 3.96. The van der Waals surface area contributed by atoms with E-state index in [0.717, 1.165) is 49.0 Å². The summed E-state index contributed by atoms with van der Waals surface area (Å²) in [4.78, 5) is 20.0. The number of likely N-dealkylation sites (N-methyl/N-ethyl adjacent to an activating group) is 4. The number of nitrogens with zero attached hydrogens (tertiary/aromatic N) is 6. The van der Waals surface area contributed by atoms with Gasteiger partial charge in [-0.15, -0.1) is 22.7 Å². The molecule has 0 N–H and O–H groups in total. The molecule has 6 aliphatic heterocycles. The van der Waals surface area contributed by atoms with Gasteiger partial charge in [-0.3, -0.25) is 0 Å². The lowest BCUT2D eigenvalue weighted by Crippen LogP contribution is -2.16. The number of thiophene rings is 2. The normalized spacial score (nSPS) is 17.9. The van der Waals surface area contributed by atoms with E-state index < -0.39 is 0 Å². The molecule has 0 saturated carbocycles. The number of allylic oxidation sites excluding steroid dienone is 8. The summed E-state index contributed by atoms with van der Waals surface area (Å²) in [6.07, 6.45) is 35.0. The molecule has 6 nitrogen and oxygen atoms in total. The molecule has 8 heteroatoms. The first-order chi connectivity index (χ1) is 25.4. The Bertz CT molecular complexity index is 2160. The van der Waals surface area contributed by atoms with Crippen molar-refractivity contribution < 1.29 is 0 Å². The van der Waals surface area contributed by atoms with Gasteiger partial charge in [0.2, 0.25) is 0 Å². The van der Waals surface area contributed by atoms with Crippen LogP contribution in [0.5, 0.6) is 0 Å². The quantitative estimate of drug-likeness (QED) is 0.185. The Labute approximate surface area is 313 Å². The molecule has 52 heavy (non-hydrogen) atoms. The Hall–Kier alpha value is -5.44. The average molecular weight is 717 g/mol. The van der Waals surface area contributed by atoms with Crippen LogP contribution < -0.4 is 0 Å². The van der Waals surface area contributed by atoms with Crippen molar-refractivity contribution in [3.8, 4) is 0 Å². The van der Waals surface area contributed by atoms with E-state index in [4.69, 9.17) is 9.97 Å². The molecule has 0 radical (unpaired) electrons. The van der Waals surface area contributed by atoms with Crippen LogP contribution in [0.2, 0.25) is 0 Å². The summed E-state index contributed by atoms with van der Waals surface area (Å²) in [5, 5.41) is 0. The highest BCUT2D eigenvalue weighted by atomic mass is 32.1. The van der Waals surface area contributed by atoms with Gasteiger partial charge in [0.25, 0.3) is 0 Å². The Balaban J connectivity index is 1.43. The van der Waals surface area contributed by atoms with Crippen molar-refractivity contribution in [1.82, 2.24) is 29.6 Å². The lowest BCUT2D eigenvalue weighted by atomic mass is 10.0. The van der Waals surface area contributed by atoms with Gasteiger partial charge in [0.05, 0.1) is 22.8 Å². The fourth-order valence-electron chi connectivity index (χ4n) is 7.66. The molecule has 0 spiro atoms. The van der Waals surface area contributed by atoms with Gasteiger partial charge in [-0.1, -0.05) is 24.3 Å². The molecule has 258 valence electrons. The monoisotopic (exact) mass is 716 g/mol. The molecule has 0 amide bonds. The highest BCUT2D eigenvalue weighted by molar-refractivity contribution is 7.24. The largest absolute Gasteiger partial charge is 0.376 e. The highest BCUT2D eigenvalue weighted by Gasteiger charge is 2.23. The number of aromatic nitrogens is 2. The summed E-state index contributed by atoms with van der Waals surface area (Å²) < 4.78 is 4.83. The standard InChI is InChI=1S/C44H40N6S2/c1-47-21-5-9-29(25-47)41-33-13-14-34(45-33)42(30-10-6-22-48(2)26-30)39-19-20-40(52-39)44(32-12-8-24-50(4)28-32)36-16-15-35(46-36)43(38-18-17-37(41)51-38)31-11-7-23-49(3)27-31/h5-24H,25-28H2,1-4H3. The summed E-state index contributed by atoms with van der Waals surface area (Å²) in [5.74, 6) is 0. The first-order valence-corrected chi connectivity index (χ1v) is 19.3. The van der Waals surface area contributed by atoms with Crippen molar-refractivity contribution in [2.45, 2.75) is 0 Å². The maximum Gasteiger partial charge on any atom is 0.0727 e. The third-order valence-electron chi connectivity index (χ3n) is 10.0. The van der Waals surface area contributed by atoms with Crippen molar-refractivity contribution in [1.29, 1.82) is 0 Å². The summed E-state index contributed by atoms with van der Waals surface area (Å²) >= 11 is 3.68. The van der Waals surface area contributed by atoms with Gasteiger partial charge in [-0.2, -0.15) is 0 Å². The number of hydrogen-bond acceptors (Lipinski definition) is 8. The number of fused-ring (bicyclic) bond motifs is 8. The Morgan fingerprint density at radius 3 is 0.885 bits per heavy atom. The van der Waals surface area contributed by atoms with E-state index >= 15 is 0 Å². The third-order valence-corrected chi connectivity index (χ3v) is 12.3. The zero-order valence-electron chi connectivity index (χ0n) is 29.9. The van der Waals surface area contributed by atoms with Gasteiger partial charge in [0.15, 0.2) is 0 Å². The molecule has 0 aliphatic carbocycles. The van der Waals surface area contributed by atoms with Gasteiger partial charge in [-0.25, -0.2) is 9.97 Å². The van der Waals surface area contributed by atoms with Crippen LogP contribution >= 0.6 is 22.7 Å². The van der Waals surface area contributed by atoms with E-state index in [9.17, 15) is 0 Å². The lowest BCUT2D eigenvalue weighted by molar-refractivity contribution is 0.512. The molecule has 8 bridgehead atoms. The van der Waals surface area contributed by atoms with Crippen LogP contribution in [0.3, 0.4) is 0 Å². The summed E-state index contributed by atoms with van der Waals surface area (Å²) in [7, 11) is 8.54. The Kier molecular flexibility index (Phi) is 8.29. The van der Waals surface area contributed by atoms with Crippen LogP contribution in [0.25, 0.3) is 65.4 Å². The summed E-state index contributed by atoms with van der Waals surface area (Å²) in [6, 6.07) is 9.16. The Morgan fingerprint density at radius 1 is 0.404 bits per heavy atom. The second-order valence-electron chi connectivity index (χ2n) is 14.1. The van der Waals surface area contributed by atoms with E-state index in [1.807, 2.05) is 22.7 Å². The van der Waals surface area contributed by atoms with Crippen molar-refractivity contribution in [2.24, 2.45) is 0 Å². The van der Waals surface area contributed by atoms with E-state index in [1.165, 1.54) is 63.3 Å². The molecule has 9 heterocycles. The molecule has 3 aromatic rings. The zero-order chi connectivity index (χ0) is 35.3. The fraction of sp³-hybridized carbons (Fsp3) is 0.182. The summed E-state index contributed by atoms with van der Waals surface area (Å²) in [5.41, 5.74) is 13.8. The predicted octanol–water partition coefficient (Wildman–Crippen LogP) is 9.49. The van der Waals surface area contributed by atoms with Gasteiger partial charge >= 0.3 is 0 Å². The third kappa shape index (κ3) is 6.02. The first kappa shape index (κ1) is 32.5. The molecule has 9 rings (SSSR count). The van der Waals surface area contributed by atoms with Crippen molar-refractivity contribution >= 4 is 88.1 Å². The molecule has 0 saturated heterocycles. The number of hydrogen-bond donors (Lipinski definition) is 0. The Morgan fingerprint density at radius 2 is 0.654 bits per heavy atom. The van der Waals surface area contributed by atoms with Gasteiger partial charge < -0.3 is 19.6 Å². The van der Waals surface area contributed by atoms with E-state index in [0.29, 0.717) is 0 Å². The second kappa shape index (κ2) is 13.3. The molecule has 0 aromatic carbocycles. The molecule has 6 aliphatic rings. The van der Waals surface area contributed by atoms with Gasteiger partial charge in [-0.05, 0) is 120 Å². The molecule has 0 fully saturated rings. The van der Waals surface area contributed by atoms with Crippen molar-refractivity contribution in [3.63, 3.8) is 0 Å². The fourth-order valence-corrected chi connectivity index (χ4v) is 10.0. The van der Waals surface area contributed by atoms with Crippen LogP contribution in [-0.2, 0) is 0 Å². The minimum absolute atomic E-state index is 0.816. The van der Waals surface area contributed by atoms with Crippen LogP contribution in [0.15, 0.2) is 97.7 Å². The van der Waals surface area contributed by atoms with Gasteiger partial charge in [0.1, 0.15) is 0 Å². The number of rotatable bonds is 4. The minimum Gasteiger partial charge on any atom is -0.376 e. The maximum atomic E-state index is 5.51. The van der Waals surface area contributed by atoms with E-state index in [-0.39, 0.29) is 0 Å². The summed E-state index contributed by atoms with van der Waals surface area (Å²) in [6.45, 7) is 3.26. The van der Waals surface area contributed by atoms with Gasteiger partial charge in [0, 0.05) is 95.4 Å². The topological polar surface area (TPSA) is 38.7 Å². The minimum atomic E-state index is 0.816. The predicted molar refractivity (Wildman–Crippen MR) is 225 cm³/mol. The lowest BCUT2D eigenvalue weighted by Gasteiger charge is -2.21. The molecular weight excluding hydrogens is 677 g/mol. The molecule has 3 aromatic heterocycles. The van der Waals surface area contributed by atoms with Crippen molar-refractivity contribution in [2.75, 3.05) is 54.4 Å². The zero-order valence-corrected chi connectivity index (χ0v) is 31.5.